The minimum Gasteiger partial charge on any atom is -0.390 e. The van der Waals surface area contributed by atoms with Gasteiger partial charge >= 0.3 is 0 Å². The summed E-state index contributed by atoms with van der Waals surface area (Å²) in [5.41, 5.74) is 1.24. The van der Waals surface area contributed by atoms with Crippen LogP contribution in [0.3, 0.4) is 0 Å². The Kier molecular flexibility index (Phi) is 7.23. The molecule has 3 N–H and O–H groups in total. The molecular weight excluding hydrogens is 286 g/mol. The summed E-state index contributed by atoms with van der Waals surface area (Å²) < 4.78 is 0. The lowest BCUT2D eigenvalue weighted by Crippen LogP contribution is -2.18. The zero-order valence-electron chi connectivity index (χ0n) is 10.4. The molecule has 0 fully saturated rings. The van der Waals surface area contributed by atoms with Crippen molar-refractivity contribution in [1.82, 2.24) is 0 Å². The van der Waals surface area contributed by atoms with Crippen LogP contribution in [0, 0.1) is 0 Å². The van der Waals surface area contributed by atoms with Crippen LogP contribution in [0.4, 0.5) is 5.69 Å². The minimum atomic E-state index is -0.945. The maximum Gasteiger partial charge on any atom is 0.225 e. The van der Waals surface area contributed by atoms with Gasteiger partial charge in [0.05, 0.1) is 6.10 Å². The van der Waals surface area contributed by atoms with Crippen molar-refractivity contribution in [1.29, 1.82) is 0 Å². The number of nitrogens with one attached hydrogen (secondary N) is 1. The van der Waals surface area contributed by atoms with Gasteiger partial charge in [-0.05, 0) is 29.9 Å². The van der Waals surface area contributed by atoms with E-state index in [9.17, 15) is 15.0 Å². The molecule has 0 bridgehead atoms. The van der Waals surface area contributed by atoms with Crippen molar-refractivity contribution in [3.05, 3.63) is 29.8 Å². The van der Waals surface area contributed by atoms with Gasteiger partial charge < -0.3 is 15.5 Å². The predicted octanol–water partition coefficient (Wildman–Crippen LogP) is 1.97. The van der Waals surface area contributed by atoms with Crippen LogP contribution in [0.2, 0.25) is 0 Å². The van der Waals surface area contributed by atoms with E-state index in [0.717, 1.165) is 0 Å². The molecule has 2 atom stereocenters. The Morgan fingerprint density at radius 1 is 1.32 bits per heavy atom. The van der Waals surface area contributed by atoms with Crippen LogP contribution in [-0.4, -0.2) is 33.9 Å². The van der Waals surface area contributed by atoms with Gasteiger partial charge in [-0.1, -0.05) is 12.1 Å². The van der Waals surface area contributed by atoms with Gasteiger partial charge in [-0.15, -0.1) is 11.6 Å². The molecule has 0 saturated heterocycles. The molecule has 0 radical (unpaired) electrons. The molecule has 0 aliphatic carbocycles. The second kappa shape index (κ2) is 8.43. The maximum atomic E-state index is 11.3. The Morgan fingerprint density at radius 2 is 1.95 bits per heavy atom. The van der Waals surface area contributed by atoms with Gasteiger partial charge in [0.15, 0.2) is 0 Å². The number of anilines is 1. The summed E-state index contributed by atoms with van der Waals surface area (Å²) in [5.74, 6) is 0.627. The Balaban J connectivity index is 2.63. The van der Waals surface area contributed by atoms with Gasteiger partial charge in [0.2, 0.25) is 5.91 Å². The van der Waals surface area contributed by atoms with Gasteiger partial charge in [0, 0.05) is 18.0 Å². The van der Waals surface area contributed by atoms with Crippen LogP contribution in [0.1, 0.15) is 24.5 Å². The molecule has 0 heterocycles. The fourth-order valence-electron chi connectivity index (χ4n) is 1.59. The largest absolute Gasteiger partial charge is 0.390 e. The fourth-order valence-corrected chi connectivity index (χ4v) is 2.02. The van der Waals surface area contributed by atoms with E-state index in [-0.39, 0.29) is 18.2 Å². The topological polar surface area (TPSA) is 69.6 Å². The smallest absolute Gasteiger partial charge is 0.225 e. The molecule has 1 aromatic rings. The number of hydrogen-bond acceptors (Lipinski definition) is 4. The molecule has 106 valence electrons. The van der Waals surface area contributed by atoms with E-state index in [1.54, 1.807) is 24.3 Å². The van der Waals surface area contributed by atoms with Gasteiger partial charge in [-0.2, -0.15) is 12.6 Å². The van der Waals surface area contributed by atoms with E-state index < -0.39 is 12.2 Å². The first kappa shape index (κ1) is 16.3. The number of benzene rings is 1. The number of alkyl halides is 1. The summed E-state index contributed by atoms with van der Waals surface area (Å²) in [4.78, 5) is 11.3. The molecule has 0 spiro atoms. The molecule has 19 heavy (non-hydrogen) atoms. The van der Waals surface area contributed by atoms with E-state index in [0.29, 0.717) is 23.4 Å². The van der Waals surface area contributed by atoms with Crippen molar-refractivity contribution < 1.29 is 15.0 Å². The monoisotopic (exact) mass is 303 g/mol. The highest BCUT2D eigenvalue weighted by molar-refractivity contribution is 7.80. The molecule has 2 unspecified atom stereocenters. The minimum absolute atomic E-state index is 0.154. The highest BCUT2D eigenvalue weighted by atomic mass is 35.5. The standard InChI is InChI=1S/C13H18ClNO3S/c14-7-5-12(17)15-10-3-1-9(2-4-10)13(18)11(16)6-8-19/h1-4,11,13,16,18-19H,5-8H2,(H,15,17). The summed E-state index contributed by atoms with van der Waals surface area (Å²) in [6.45, 7) is 0. The number of carbonyl (C=O) groups is 1. The van der Waals surface area contributed by atoms with Crippen LogP contribution in [0.25, 0.3) is 0 Å². The Morgan fingerprint density at radius 3 is 2.47 bits per heavy atom. The number of amides is 1. The summed E-state index contributed by atoms with van der Waals surface area (Å²) in [6.07, 6.45) is -1.11. The second-order valence-corrected chi connectivity index (χ2v) is 4.96. The zero-order chi connectivity index (χ0) is 14.3. The lowest BCUT2D eigenvalue weighted by Gasteiger charge is -2.17. The number of rotatable bonds is 7. The molecule has 0 aliphatic rings. The summed E-state index contributed by atoms with van der Waals surface area (Å²) in [7, 11) is 0. The lowest BCUT2D eigenvalue weighted by atomic mass is 10.0. The summed E-state index contributed by atoms with van der Waals surface area (Å²) in [6, 6.07) is 6.70. The average molecular weight is 304 g/mol. The van der Waals surface area contributed by atoms with Gasteiger partial charge in [0.1, 0.15) is 6.10 Å². The Bertz CT molecular complexity index is 399. The molecule has 1 amide bonds. The lowest BCUT2D eigenvalue weighted by molar-refractivity contribution is -0.115. The number of thiol groups is 1. The second-order valence-electron chi connectivity index (χ2n) is 4.13. The van der Waals surface area contributed by atoms with Crippen molar-refractivity contribution in [2.75, 3.05) is 16.9 Å². The molecular formula is C13H18ClNO3S. The molecule has 0 aromatic heterocycles. The predicted molar refractivity (Wildman–Crippen MR) is 79.8 cm³/mol. The molecule has 0 saturated carbocycles. The Hall–Kier alpha value is -0.750. The quantitative estimate of drug-likeness (QED) is 0.460. The maximum absolute atomic E-state index is 11.3. The van der Waals surface area contributed by atoms with Crippen LogP contribution in [0.5, 0.6) is 0 Å². The molecule has 6 heteroatoms. The number of hydrogen-bond donors (Lipinski definition) is 4. The molecule has 1 aromatic carbocycles. The van der Waals surface area contributed by atoms with Crippen LogP contribution in [0.15, 0.2) is 24.3 Å². The number of aliphatic hydroxyl groups excluding tert-OH is 2. The summed E-state index contributed by atoms with van der Waals surface area (Å²) >= 11 is 9.48. The third-order valence-corrected chi connectivity index (χ3v) is 3.09. The average Bonchev–Trinajstić information content (AvgIpc) is 2.39. The van der Waals surface area contributed by atoms with E-state index in [1.807, 2.05) is 0 Å². The molecule has 1 rings (SSSR count). The zero-order valence-corrected chi connectivity index (χ0v) is 12.1. The van der Waals surface area contributed by atoms with Crippen molar-refractivity contribution in [2.45, 2.75) is 25.0 Å². The first-order valence-corrected chi connectivity index (χ1v) is 7.18. The van der Waals surface area contributed by atoms with Gasteiger partial charge in [0.25, 0.3) is 0 Å². The van der Waals surface area contributed by atoms with E-state index >= 15 is 0 Å². The van der Waals surface area contributed by atoms with Crippen LogP contribution >= 0.6 is 24.2 Å². The first-order valence-electron chi connectivity index (χ1n) is 6.01. The highest BCUT2D eigenvalue weighted by Gasteiger charge is 2.17. The number of aliphatic hydroxyl groups is 2. The van der Waals surface area contributed by atoms with Gasteiger partial charge in [-0.3, -0.25) is 4.79 Å². The molecule has 0 aliphatic heterocycles. The number of halogens is 1. The normalized spacial score (nSPS) is 13.9. The fraction of sp³-hybridized carbons (Fsp3) is 0.462. The first-order chi connectivity index (χ1) is 9.08. The van der Waals surface area contributed by atoms with Crippen molar-refractivity contribution >= 4 is 35.8 Å². The van der Waals surface area contributed by atoms with Crippen molar-refractivity contribution in [3.63, 3.8) is 0 Å². The SMILES string of the molecule is O=C(CCCl)Nc1ccc(C(O)C(O)CCS)cc1. The van der Waals surface area contributed by atoms with Crippen molar-refractivity contribution in [3.8, 4) is 0 Å². The third kappa shape index (κ3) is 5.40. The van der Waals surface area contributed by atoms with Crippen LogP contribution < -0.4 is 5.32 Å². The van der Waals surface area contributed by atoms with E-state index in [4.69, 9.17) is 11.6 Å². The van der Waals surface area contributed by atoms with Crippen LogP contribution in [-0.2, 0) is 4.79 Å². The van der Waals surface area contributed by atoms with E-state index in [1.165, 1.54) is 0 Å². The summed E-state index contributed by atoms with van der Waals surface area (Å²) in [5, 5.41) is 22.2. The third-order valence-electron chi connectivity index (χ3n) is 2.65. The highest BCUT2D eigenvalue weighted by Crippen LogP contribution is 2.21. The Labute approximate surface area is 123 Å². The van der Waals surface area contributed by atoms with E-state index in [2.05, 4.69) is 17.9 Å². The van der Waals surface area contributed by atoms with Gasteiger partial charge in [-0.25, -0.2) is 0 Å². The molecule has 4 nitrogen and oxygen atoms in total. The van der Waals surface area contributed by atoms with Crippen molar-refractivity contribution in [2.24, 2.45) is 0 Å². The number of carbonyl (C=O) groups excluding carboxylic acids is 1.